The van der Waals surface area contributed by atoms with Crippen LogP contribution in [0.25, 0.3) is 0 Å². The van der Waals surface area contributed by atoms with Gasteiger partial charge in [0, 0.05) is 6.42 Å². The Morgan fingerprint density at radius 1 is 1.06 bits per heavy atom. The Morgan fingerprint density at radius 2 is 1.83 bits per heavy atom. The molecule has 4 heteroatoms. The third-order valence-corrected chi connectivity index (χ3v) is 7.72. The topological polar surface area (TPSA) is 66.8 Å². The number of aliphatic hydroxyl groups excluding tert-OH is 2. The molecule has 1 fully saturated rings. The smallest absolute Gasteiger partial charge is 0.158 e. The van der Waals surface area contributed by atoms with Crippen LogP contribution in [0.5, 0.6) is 5.75 Å². The number of rotatable bonds is 13. The molecule has 3 atom stereocenters. The summed E-state index contributed by atoms with van der Waals surface area (Å²) in [5.41, 5.74) is 3.48. The summed E-state index contributed by atoms with van der Waals surface area (Å²) in [7, 11) is 0. The Labute approximate surface area is 211 Å². The predicted octanol–water partition coefficient (Wildman–Crippen LogP) is 6.71. The van der Waals surface area contributed by atoms with E-state index in [1.54, 1.807) is 0 Å². The Hall–Kier alpha value is -2.17. The third-order valence-electron chi connectivity index (χ3n) is 7.72. The summed E-state index contributed by atoms with van der Waals surface area (Å²) in [6, 6.07) is 16.8. The Balaban J connectivity index is 1.91. The van der Waals surface area contributed by atoms with Crippen molar-refractivity contribution in [3.63, 3.8) is 0 Å². The molecule has 1 aliphatic carbocycles. The van der Waals surface area contributed by atoms with Crippen molar-refractivity contribution < 1.29 is 19.7 Å². The summed E-state index contributed by atoms with van der Waals surface area (Å²) in [5.74, 6) is 0.855. The van der Waals surface area contributed by atoms with Crippen molar-refractivity contribution in [1.29, 1.82) is 0 Å². The molecule has 0 saturated heterocycles. The van der Waals surface area contributed by atoms with E-state index in [1.165, 1.54) is 31.2 Å². The van der Waals surface area contributed by atoms with Gasteiger partial charge in [0.2, 0.25) is 0 Å². The van der Waals surface area contributed by atoms with Crippen molar-refractivity contribution in [3.05, 3.63) is 65.2 Å². The van der Waals surface area contributed by atoms with E-state index >= 15 is 0 Å². The lowest BCUT2D eigenvalue weighted by atomic mass is 9.71. The molecule has 0 amide bonds. The summed E-state index contributed by atoms with van der Waals surface area (Å²) in [4.78, 5) is 12.1. The molecule has 2 N–H and O–H groups in total. The summed E-state index contributed by atoms with van der Waals surface area (Å²) >= 11 is 0. The summed E-state index contributed by atoms with van der Waals surface area (Å²) in [5, 5.41) is 19.8. The summed E-state index contributed by atoms with van der Waals surface area (Å²) in [6.07, 6.45) is 8.17. The highest BCUT2D eigenvalue weighted by Crippen LogP contribution is 2.45. The number of ketones is 1. The number of aliphatic hydroxyl groups is 2. The molecular formula is C31H44O4. The second-order valence-corrected chi connectivity index (χ2v) is 11.0. The Kier molecular flexibility index (Phi) is 10.4. The van der Waals surface area contributed by atoms with E-state index in [0.29, 0.717) is 25.9 Å². The minimum absolute atomic E-state index is 0.0294. The quantitative estimate of drug-likeness (QED) is 0.313. The number of carbonyl (C=O) groups excluding carboxylic acids is 1. The highest BCUT2D eigenvalue weighted by atomic mass is 16.5. The van der Waals surface area contributed by atoms with Crippen LogP contribution < -0.4 is 4.74 Å². The summed E-state index contributed by atoms with van der Waals surface area (Å²) < 4.78 is 6.45. The van der Waals surface area contributed by atoms with Gasteiger partial charge in [-0.3, -0.25) is 4.79 Å². The van der Waals surface area contributed by atoms with Gasteiger partial charge in [-0.25, -0.2) is 0 Å². The van der Waals surface area contributed by atoms with Crippen LogP contribution in [0.3, 0.4) is 0 Å². The van der Waals surface area contributed by atoms with Crippen molar-refractivity contribution in [1.82, 2.24) is 0 Å². The highest BCUT2D eigenvalue weighted by Gasteiger charge is 2.34. The molecule has 0 bridgehead atoms. The number of hydrogen-bond donors (Lipinski definition) is 2. The van der Waals surface area contributed by atoms with Gasteiger partial charge in [-0.1, -0.05) is 88.9 Å². The van der Waals surface area contributed by atoms with E-state index in [4.69, 9.17) is 4.74 Å². The zero-order chi connectivity index (χ0) is 25.3. The van der Waals surface area contributed by atoms with E-state index in [-0.39, 0.29) is 29.1 Å². The molecular weight excluding hydrogens is 436 g/mol. The molecule has 0 aromatic heterocycles. The molecule has 0 radical (unpaired) electrons. The SMILES string of the molecule is CCCCCCC(C)(C)c1ccc([C@@H]2C[C@H](O)CC[C@H]2CC(=O)CO)c(OCc2ccccc2)c1. The van der Waals surface area contributed by atoms with Crippen molar-refractivity contribution in [2.75, 3.05) is 6.61 Å². The predicted molar refractivity (Wildman–Crippen MR) is 142 cm³/mol. The molecule has 2 aromatic carbocycles. The lowest BCUT2D eigenvalue weighted by Gasteiger charge is -2.36. The van der Waals surface area contributed by atoms with Crippen LogP contribution in [0.1, 0.15) is 101 Å². The lowest BCUT2D eigenvalue weighted by molar-refractivity contribution is -0.123. The summed E-state index contributed by atoms with van der Waals surface area (Å²) in [6.45, 7) is 6.91. The second kappa shape index (κ2) is 13.2. The molecule has 0 aliphatic heterocycles. The van der Waals surface area contributed by atoms with Gasteiger partial charge in [0.15, 0.2) is 5.78 Å². The van der Waals surface area contributed by atoms with Crippen LogP contribution in [0.4, 0.5) is 0 Å². The van der Waals surface area contributed by atoms with Crippen LogP contribution in [0.15, 0.2) is 48.5 Å². The average Bonchev–Trinajstić information content (AvgIpc) is 2.87. The second-order valence-electron chi connectivity index (χ2n) is 11.0. The molecule has 1 saturated carbocycles. The number of unbranched alkanes of at least 4 members (excludes halogenated alkanes) is 3. The normalized spacial score (nSPS) is 20.5. The molecule has 4 nitrogen and oxygen atoms in total. The fourth-order valence-electron chi connectivity index (χ4n) is 5.45. The number of ether oxygens (including phenoxy) is 1. The van der Waals surface area contributed by atoms with Crippen molar-refractivity contribution in [2.45, 2.75) is 103 Å². The van der Waals surface area contributed by atoms with Gasteiger partial charge >= 0.3 is 0 Å². The first kappa shape index (κ1) is 27.4. The average molecular weight is 481 g/mol. The van der Waals surface area contributed by atoms with Crippen LogP contribution >= 0.6 is 0 Å². The molecule has 1 aliphatic rings. The zero-order valence-corrected chi connectivity index (χ0v) is 21.8. The Bertz CT molecular complexity index is 921. The molecule has 2 aromatic rings. The van der Waals surface area contributed by atoms with Crippen LogP contribution in [-0.2, 0) is 16.8 Å². The highest BCUT2D eigenvalue weighted by molar-refractivity contribution is 5.79. The molecule has 3 rings (SSSR count). The molecule has 0 heterocycles. The maximum absolute atomic E-state index is 12.1. The Morgan fingerprint density at radius 3 is 2.54 bits per heavy atom. The molecule has 192 valence electrons. The van der Waals surface area contributed by atoms with E-state index in [9.17, 15) is 15.0 Å². The van der Waals surface area contributed by atoms with Crippen molar-refractivity contribution >= 4 is 5.78 Å². The van der Waals surface area contributed by atoms with E-state index in [2.05, 4.69) is 51.1 Å². The van der Waals surface area contributed by atoms with E-state index in [0.717, 1.165) is 29.7 Å². The molecule has 0 spiro atoms. The van der Waals surface area contributed by atoms with Gasteiger partial charge < -0.3 is 14.9 Å². The first-order valence-corrected chi connectivity index (χ1v) is 13.5. The third kappa shape index (κ3) is 7.91. The van der Waals surface area contributed by atoms with Gasteiger partial charge in [-0.15, -0.1) is 0 Å². The maximum atomic E-state index is 12.1. The fourth-order valence-corrected chi connectivity index (χ4v) is 5.45. The van der Waals surface area contributed by atoms with Gasteiger partial charge in [-0.2, -0.15) is 0 Å². The standard InChI is InChI=1S/C31H44O4/c1-4-5-6-10-17-31(2,3)25-14-16-28(30(19-25)35-22-23-11-8-7-9-12-23)29-20-26(33)15-13-24(29)18-27(34)21-32/h7-9,11-12,14,16,19,24,26,29,32-33H,4-6,10,13,15,17-18,20-22H2,1-3H3/t24-,26+,29+/m0/s1. The maximum Gasteiger partial charge on any atom is 0.158 e. The van der Waals surface area contributed by atoms with E-state index in [1.807, 2.05) is 18.2 Å². The van der Waals surface area contributed by atoms with Crippen LogP contribution in [0.2, 0.25) is 0 Å². The van der Waals surface area contributed by atoms with Crippen LogP contribution in [0, 0.1) is 5.92 Å². The van der Waals surface area contributed by atoms with Gasteiger partial charge in [0.05, 0.1) is 6.10 Å². The minimum Gasteiger partial charge on any atom is -0.489 e. The lowest BCUT2D eigenvalue weighted by Crippen LogP contribution is -2.29. The number of hydrogen-bond acceptors (Lipinski definition) is 4. The van der Waals surface area contributed by atoms with Crippen molar-refractivity contribution in [2.24, 2.45) is 5.92 Å². The largest absolute Gasteiger partial charge is 0.489 e. The number of Topliss-reactive ketones (excluding diaryl/α,β-unsaturated/α-hetero) is 1. The fraction of sp³-hybridized carbons (Fsp3) is 0.581. The van der Waals surface area contributed by atoms with Crippen molar-refractivity contribution in [3.8, 4) is 5.75 Å². The number of benzene rings is 2. The van der Waals surface area contributed by atoms with E-state index < -0.39 is 6.61 Å². The zero-order valence-electron chi connectivity index (χ0n) is 21.8. The van der Waals surface area contributed by atoms with Crippen LogP contribution in [-0.4, -0.2) is 28.7 Å². The first-order valence-electron chi connectivity index (χ1n) is 13.5. The minimum atomic E-state index is -0.422. The van der Waals surface area contributed by atoms with Gasteiger partial charge in [0.25, 0.3) is 0 Å². The monoisotopic (exact) mass is 480 g/mol. The van der Waals surface area contributed by atoms with Gasteiger partial charge in [-0.05, 0) is 65.7 Å². The first-order chi connectivity index (χ1) is 16.8. The number of carbonyl (C=O) groups is 1. The van der Waals surface area contributed by atoms with Gasteiger partial charge in [0.1, 0.15) is 19.0 Å². The molecule has 0 unspecified atom stereocenters. The molecule has 35 heavy (non-hydrogen) atoms.